The third kappa shape index (κ3) is 2.33. The highest BCUT2D eigenvalue weighted by atomic mass is 127. The summed E-state index contributed by atoms with van der Waals surface area (Å²) in [5, 5.41) is 0. The van der Waals surface area contributed by atoms with Gasteiger partial charge in [0, 0.05) is 15.9 Å². The fourth-order valence-electron chi connectivity index (χ4n) is 2.44. The number of fused-ring (bicyclic) bond motifs is 1. The largest absolute Gasteiger partial charge is 0.295 e. The maximum atomic E-state index is 5.95. The predicted molar refractivity (Wildman–Crippen MR) is 92.9 cm³/mol. The van der Waals surface area contributed by atoms with Crippen LogP contribution in [0, 0.1) is 10.5 Å². The number of nitrogens with zero attached hydrogens (tertiary/aromatic N) is 2. The molecule has 0 atom stereocenters. The molecule has 3 aromatic rings. The summed E-state index contributed by atoms with van der Waals surface area (Å²) in [6, 6.07) is 14.7. The zero-order valence-corrected chi connectivity index (χ0v) is 14.0. The van der Waals surface area contributed by atoms with Crippen LogP contribution in [0.25, 0.3) is 16.7 Å². The Morgan fingerprint density at radius 2 is 1.95 bits per heavy atom. The van der Waals surface area contributed by atoms with E-state index in [0.29, 0.717) is 5.88 Å². The van der Waals surface area contributed by atoms with Gasteiger partial charge in [-0.1, -0.05) is 24.3 Å². The number of aryl methyl sites for hydroxylation is 2. The van der Waals surface area contributed by atoms with Gasteiger partial charge >= 0.3 is 0 Å². The van der Waals surface area contributed by atoms with Gasteiger partial charge in [-0.15, -0.1) is 11.6 Å². The van der Waals surface area contributed by atoms with E-state index in [4.69, 9.17) is 16.6 Å². The minimum atomic E-state index is 0.575. The van der Waals surface area contributed by atoms with Crippen molar-refractivity contribution < 1.29 is 0 Å². The lowest BCUT2D eigenvalue weighted by Crippen LogP contribution is -2.03. The molecule has 0 aliphatic carbocycles. The summed E-state index contributed by atoms with van der Waals surface area (Å²) in [7, 11) is 0. The molecule has 0 amide bonds. The van der Waals surface area contributed by atoms with Crippen LogP contribution >= 0.6 is 34.2 Å². The van der Waals surface area contributed by atoms with Crippen molar-refractivity contribution in [3.05, 3.63) is 57.4 Å². The normalized spacial score (nSPS) is 11.2. The van der Waals surface area contributed by atoms with Gasteiger partial charge in [0.25, 0.3) is 0 Å². The highest BCUT2D eigenvalue weighted by Gasteiger charge is 2.14. The molecule has 3 rings (SSSR count). The molecule has 0 saturated carbocycles. The van der Waals surface area contributed by atoms with E-state index in [-0.39, 0.29) is 0 Å². The number of benzene rings is 2. The van der Waals surface area contributed by atoms with E-state index >= 15 is 0 Å². The zero-order valence-electron chi connectivity index (χ0n) is 11.1. The smallest absolute Gasteiger partial charge is 0.115 e. The second-order valence-corrected chi connectivity index (χ2v) is 6.24. The minimum absolute atomic E-state index is 0.575. The number of rotatable bonds is 3. The Bertz CT molecular complexity index is 764. The third-order valence-corrected chi connectivity index (χ3v) is 4.47. The lowest BCUT2D eigenvalue weighted by atomic mass is 10.2. The monoisotopic (exact) mass is 396 g/mol. The quantitative estimate of drug-likeness (QED) is 0.463. The number of para-hydroxylation sites is 2. The highest BCUT2D eigenvalue weighted by Crippen LogP contribution is 2.27. The summed E-state index contributed by atoms with van der Waals surface area (Å²) in [5.41, 5.74) is 4.57. The Balaban J connectivity index is 2.35. The van der Waals surface area contributed by atoms with Gasteiger partial charge < -0.3 is 0 Å². The Morgan fingerprint density at radius 1 is 1.15 bits per heavy atom. The maximum Gasteiger partial charge on any atom is 0.115 e. The summed E-state index contributed by atoms with van der Waals surface area (Å²) < 4.78 is 3.44. The number of hydrogen-bond donors (Lipinski definition) is 0. The van der Waals surface area contributed by atoms with Gasteiger partial charge in [0.1, 0.15) is 5.82 Å². The second-order valence-electron chi connectivity index (χ2n) is 4.70. The van der Waals surface area contributed by atoms with Crippen LogP contribution in [-0.4, -0.2) is 15.4 Å². The van der Waals surface area contributed by atoms with E-state index in [0.717, 1.165) is 23.3 Å². The molecule has 102 valence electrons. The molecule has 0 N–H and O–H groups in total. The molecule has 20 heavy (non-hydrogen) atoms. The molecule has 2 nitrogen and oxygen atoms in total. The Kier molecular flexibility index (Phi) is 3.98. The molecule has 0 aliphatic heterocycles. The first-order valence-corrected chi connectivity index (χ1v) is 8.11. The first kappa shape index (κ1) is 13.9. The third-order valence-electron chi connectivity index (χ3n) is 3.37. The molecule has 1 aromatic heterocycles. The van der Waals surface area contributed by atoms with Gasteiger partial charge in [-0.05, 0) is 53.3 Å². The Morgan fingerprint density at radius 3 is 2.70 bits per heavy atom. The minimum Gasteiger partial charge on any atom is -0.295 e. The zero-order chi connectivity index (χ0) is 14.1. The molecule has 0 radical (unpaired) electrons. The first-order chi connectivity index (χ1) is 9.72. The number of imidazole rings is 1. The van der Waals surface area contributed by atoms with Crippen LogP contribution < -0.4 is 0 Å². The van der Waals surface area contributed by atoms with E-state index in [1.165, 1.54) is 14.8 Å². The van der Waals surface area contributed by atoms with Crippen molar-refractivity contribution in [2.45, 2.75) is 13.3 Å². The van der Waals surface area contributed by atoms with E-state index in [2.05, 4.69) is 76.5 Å². The summed E-state index contributed by atoms with van der Waals surface area (Å²) in [6.45, 7) is 2.10. The molecule has 1 heterocycles. The molecule has 2 aromatic carbocycles. The van der Waals surface area contributed by atoms with Crippen molar-refractivity contribution in [3.8, 4) is 5.69 Å². The summed E-state index contributed by atoms with van der Waals surface area (Å²) in [5.74, 6) is 1.60. The van der Waals surface area contributed by atoms with Crippen molar-refractivity contribution in [2.75, 3.05) is 5.88 Å². The van der Waals surface area contributed by atoms with Gasteiger partial charge in [-0.3, -0.25) is 4.57 Å². The summed E-state index contributed by atoms with van der Waals surface area (Å²) >= 11 is 8.31. The lowest BCUT2D eigenvalue weighted by Gasteiger charge is -2.10. The van der Waals surface area contributed by atoms with Crippen LogP contribution in [0.5, 0.6) is 0 Å². The van der Waals surface area contributed by atoms with E-state index in [9.17, 15) is 0 Å². The highest BCUT2D eigenvalue weighted by molar-refractivity contribution is 14.1. The van der Waals surface area contributed by atoms with E-state index in [1.54, 1.807) is 0 Å². The number of alkyl halides is 1. The fourth-order valence-corrected chi connectivity index (χ4v) is 3.24. The van der Waals surface area contributed by atoms with Crippen molar-refractivity contribution in [3.63, 3.8) is 0 Å². The molecule has 0 saturated heterocycles. The lowest BCUT2D eigenvalue weighted by molar-refractivity contribution is 0.909. The molecular formula is C16H14ClIN2. The van der Waals surface area contributed by atoms with Crippen LogP contribution in [0.1, 0.15) is 11.4 Å². The molecular weight excluding hydrogens is 383 g/mol. The second kappa shape index (κ2) is 5.74. The van der Waals surface area contributed by atoms with E-state index < -0.39 is 0 Å². The average Bonchev–Trinajstić information content (AvgIpc) is 2.80. The Labute approximate surface area is 136 Å². The van der Waals surface area contributed by atoms with Crippen molar-refractivity contribution in [1.82, 2.24) is 9.55 Å². The van der Waals surface area contributed by atoms with Gasteiger partial charge in [0.05, 0.1) is 16.7 Å². The number of hydrogen-bond acceptors (Lipinski definition) is 1. The van der Waals surface area contributed by atoms with Crippen LogP contribution in [-0.2, 0) is 6.42 Å². The van der Waals surface area contributed by atoms with Crippen molar-refractivity contribution >= 4 is 45.2 Å². The summed E-state index contributed by atoms with van der Waals surface area (Å²) in [6.07, 6.45) is 0.765. The van der Waals surface area contributed by atoms with Crippen molar-refractivity contribution in [1.29, 1.82) is 0 Å². The van der Waals surface area contributed by atoms with Gasteiger partial charge in [0.15, 0.2) is 0 Å². The number of aromatic nitrogens is 2. The molecule has 0 spiro atoms. The molecule has 0 bridgehead atoms. The Hall–Kier alpha value is -1.07. The standard InChI is InChI=1S/C16H14ClIN2/c1-11-5-4-8-14-16(11)19-15(9-10-17)20(14)13-7-3-2-6-12(13)18/h2-8H,9-10H2,1H3. The van der Waals surface area contributed by atoms with E-state index in [1.807, 2.05) is 0 Å². The van der Waals surface area contributed by atoms with Gasteiger partial charge in [-0.25, -0.2) is 4.98 Å². The summed E-state index contributed by atoms with van der Waals surface area (Å²) in [4.78, 5) is 4.79. The number of halogens is 2. The molecule has 4 heteroatoms. The molecule has 0 unspecified atom stereocenters. The molecule has 0 fully saturated rings. The van der Waals surface area contributed by atoms with Crippen LogP contribution in [0.3, 0.4) is 0 Å². The van der Waals surface area contributed by atoms with Crippen LogP contribution in [0.4, 0.5) is 0 Å². The van der Waals surface area contributed by atoms with Gasteiger partial charge in [0.2, 0.25) is 0 Å². The van der Waals surface area contributed by atoms with Crippen LogP contribution in [0.2, 0.25) is 0 Å². The fraction of sp³-hybridized carbons (Fsp3) is 0.188. The van der Waals surface area contributed by atoms with Crippen LogP contribution in [0.15, 0.2) is 42.5 Å². The molecule has 0 aliphatic rings. The predicted octanol–water partition coefficient (Wildman–Crippen LogP) is 4.72. The topological polar surface area (TPSA) is 17.8 Å². The SMILES string of the molecule is Cc1cccc2c1nc(CCCl)n2-c1ccccc1I. The first-order valence-electron chi connectivity index (χ1n) is 6.50. The van der Waals surface area contributed by atoms with Gasteiger partial charge in [-0.2, -0.15) is 0 Å². The average molecular weight is 397 g/mol. The van der Waals surface area contributed by atoms with Crippen molar-refractivity contribution in [2.24, 2.45) is 0 Å². The maximum absolute atomic E-state index is 5.95.